The van der Waals surface area contributed by atoms with Gasteiger partial charge in [0.2, 0.25) is 0 Å². The number of rotatable bonds is 14. The maximum absolute atomic E-state index is 15.2. The van der Waals surface area contributed by atoms with Gasteiger partial charge in [0, 0.05) is 63.2 Å². The van der Waals surface area contributed by atoms with E-state index in [-0.39, 0.29) is 31.2 Å². The Kier molecular flexibility index (Phi) is 12.3. The van der Waals surface area contributed by atoms with Crippen LogP contribution in [0.1, 0.15) is 64.4 Å². The number of anilines is 1. The Morgan fingerprint density at radius 2 is 1.82 bits per heavy atom. The van der Waals surface area contributed by atoms with Crippen molar-refractivity contribution in [3.63, 3.8) is 0 Å². The molecule has 2 unspecified atom stereocenters. The van der Waals surface area contributed by atoms with Crippen molar-refractivity contribution in [1.29, 1.82) is 5.26 Å². The molecule has 7 nitrogen and oxygen atoms in total. The fraction of sp³-hybridized carbons (Fsp3) is 0.588. The third kappa shape index (κ3) is 8.42. The Bertz CT molecular complexity index is 1260. The number of hydrogen-bond acceptors (Lipinski definition) is 8. The minimum absolute atomic E-state index is 0. The van der Waals surface area contributed by atoms with Crippen LogP contribution in [0.15, 0.2) is 48.5 Å². The Hall–Kier alpha value is -2.45. The molecule has 3 fully saturated rings. The van der Waals surface area contributed by atoms with E-state index in [9.17, 15) is 10.1 Å². The highest BCUT2D eigenvalue weighted by molar-refractivity contribution is 7.92. The number of nitriles is 1. The van der Waals surface area contributed by atoms with E-state index in [1.54, 1.807) is 18.2 Å². The number of nitrogens with zero attached hydrogens (tertiary/aromatic N) is 4. The van der Waals surface area contributed by atoms with E-state index < -0.39 is 11.5 Å². The van der Waals surface area contributed by atoms with Crippen molar-refractivity contribution in [2.24, 2.45) is 11.8 Å². The van der Waals surface area contributed by atoms with Crippen LogP contribution in [0.5, 0.6) is 5.75 Å². The third-order valence-corrected chi connectivity index (χ3v) is 10.1. The Labute approximate surface area is 273 Å². The van der Waals surface area contributed by atoms with Crippen molar-refractivity contribution in [2.45, 2.75) is 76.4 Å². The molecule has 1 saturated carbocycles. The van der Waals surface area contributed by atoms with Crippen LogP contribution in [0.2, 0.25) is 0 Å². The topological polar surface area (TPSA) is 69.0 Å². The molecule has 1 aliphatic carbocycles. The van der Waals surface area contributed by atoms with Gasteiger partial charge in [-0.3, -0.25) is 4.79 Å². The summed E-state index contributed by atoms with van der Waals surface area (Å²) in [5, 5.41) is 10.7. The number of esters is 1. The highest BCUT2D eigenvalue weighted by atomic mass is 32.2. The van der Waals surface area contributed by atoms with Crippen LogP contribution < -0.4 is 9.08 Å². The lowest BCUT2D eigenvalue weighted by Gasteiger charge is -2.46. The summed E-state index contributed by atoms with van der Waals surface area (Å²) in [4.78, 5) is 16.8. The first kappa shape index (κ1) is 34.4. The molecule has 2 aromatic rings. The number of likely N-dealkylation sites (tertiary alicyclic amines) is 1. The van der Waals surface area contributed by atoms with Crippen LogP contribution in [0.4, 0.5) is 10.1 Å². The van der Waals surface area contributed by atoms with Crippen LogP contribution in [0.3, 0.4) is 0 Å². The molecule has 5 rings (SSSR count). The molecule has 240 valence electrons. The molecule has 0 spiro atoms. The van der Waals surface area contributed by atoms with E-state index in [4.69, 9.17) is 8.92 Å². The zero-order chi connectivity index (χ0) is 30.4. The van der Waals surface area contributed by atoms with Crippen LogP contribution in [-0.4, -0.2) is 67.1 Å². The quantitative estimate of drug-likeness (QED) is 0.128. The van der Waals surface area contributed by atoms with Crippen molar-refractivity contribution in [3.8, 4) is 11.8 Å². The zero-order valence-electron chi connectivity index (χ0n) is 26.2. The van der Waals surface area contributed by atoms with Crippen molar-refractivity contribution in [3.05, 3.63) is 59.9 Å². The largest absolute Gasteiger partial charge is 0.462 e. The number of halogens is 1. The summed E-state index contributed by atoms with van der Waals surface area (Å²) < 4.78 is 28.9. The normalized spacial score (nSPS) is 19.8. The molecule has 2 heterocycles. The van der Waals surface area contributed by atoms with Gasteiger partial charge in [0.25, 0.3) is 0 Å². The Morgan fingerprint density at radius 1 is 1.14 bits per heavy atom. The zero-order valence-corrected chi connectivity index (χ0v) is 28.0. The fourth-order valence-electron chi connectivity index (χ4n) is 6.82. The smallest absolute Gasteiger partial charge is 0.302 e. The Morgan fingerprint density at radius 3 is 2.41 bits per heavy atom. The molecule has 0 radical (unpaired) electrons. The van der Waals surface area contributed by atoms with E-state index in [1.807, 2.05) is 19.1 Å². The van der Waals surface area contributed by atoms with Gasteiger partial charge in [-0.05, 0) is 81.4 Å². The van der Waals surface area contributed by atoms with Crippen LogP contribution in [-0.2, 0) is 14.9 Å². The van der Waals surface area contributed by atoms with Crippen LogP contribution >= 0.6 is 25.7 Å². The lowest BCUT2D eigenvalue weighted by atomic mass is 9.64. The highest BCUT2D eigenvalue weighted by Crippen LogP contribution is 2.44. The van der Waals surface area contributed by atoms with E-state index in [0.717, 1.165) is 57.7 Å². The first-order valence-electron chi connectivity index (χ1n) is 15.8. The number of ether oxygens (including phenoxy) is 1. The average Bonchev–Trinajstić information content (AvgIpc) is 3.83. The second-order valence-corrected chi connectivity index (χ2v) is 13.5. The lowest BCUT2D eigenvalue weighted by molar-refractivity contribution is -0.147. The van der Waals surface area contributed by atoms with Gasteiger partial charge in [-0.2, -0.15) is 18.8 Å². The molecule has 2 saturated heterocycles. The minimum atomic E-state index is -1.04. The highest BCUT2D eigenvalue weighted by Gasteiger charge is 2.46. The molecule has 10 heteroatoms. The number of carbonyl (C=O) groups is 1. The van der Waals surface area contributed by atoms with Crippen molar-refractivity contribution < 1.29 is 18.1 Å². The van der Waals surface area contributed by atoms with Crippen molar-refractivity contribution >= 4 is 37.4 Å². The summed E-state index contributed by atoms with van der Waals surface area (Å²) in [6.07, 6.45) is 5.52. The predicted molar refractivity (Wildman–Crippen MR) is 179 cm³/mol. The van der Waals surface area contributed by atoms with Gasteiger partial charge in [-0.15, -0.1) is 0 Å². The van der Waals surface area contributed by atoms with Crippen LogP contribution in [0.25, 0.3) is 0 Å². The number of benzene rings is 2. The molecule has 0 aromatic heterocycles. The maximum atomic E-state index is 15.2. The fourth-order valence-corrected chi connectivity index (χ4v) is 7.47. The monoisotopic (exact) mass is 642 g/mol. The molecule has 0 amide bonds. The molecule has 0 N–H and O–H groups in total. The van der Waals surface area contributed by atoms with Gasteiger partial charge in [0.05, 0.1) is 11.5 Å². The second kappa shape index (κ2) is 15.7. The Balaban J connectivity index is 0.00000442. The second-order valence-electron chi connectivity index (χ2n) is 12.6. The number of carbonyl (C=O) groups excluding carboxylic acids is 1. The molecule has 2 aromatic carbocycles. The van der Waals surface area contributed by atoms with E-state index in [2.05, 4.69) is 39.4 Å². The van der Waals surface area contributed by atoms with Gasteiger partial charge in [0.1, 0.15) is 29.9 Å². The predicted octanol–water partition coefficient (Wildman–Crippen LogP) is 6.71. The van der Waals surface area contributed by atoms with Gasteiger partial charge in [0.15, 0.2) is 0 Å². The molecule has 2 atom stereocenters. The summed E-state index contributed by atoms with van der Waals surface area (Å²) in [5.41, 5.74) is 0.617. The first-order chi connectivity index (χ1) is 20.8. The summed E-state index contributed by atoms with van der Waals surface area (Å²) in [5.74, 6) is 0.743. The van der Waals surface area contributed by atoms with Crippen LogP contribution in [0, 0.1) is 29.0 Å². The molecule has 3 aliphatic rings. The maximum Gasteiger partial charge on any atom is 0.302 e. The SMILES string of the molecule is CCCC(CC(C#N)(c1ccccc1F)C1CCN(CC2CN(c3ccc(OSN(C)C4CC4)cc3)C2)CC1)OC(C)=O.S. The standard InChI is InChI=1S/C34H45FN4O3S.H2S/c1-4-7-31(41-25(2)40)20-34(24-36,32-8-5-6-9-33(32)35)27-16-18-38(19-17-27)21-26-22-39(23-26)29-12-14-30(15-13-29)42-43-37(3)28-10-11-28;/h5-6,8-9,12-15,26-28,31H,4,7,10-11,16-23H2,1-3H3;1H2. The molecule has 44 heavy (non-hydrogen) atoms. The third-order valence-electron chi connectivity index (χ3n) is 9.32. The summed E-state index contributed by atoms with van der Waals surface area (Å²) in [6.45, 7) is 8.27. The van der Waals surface area contributed by atoms with Gasteiger partial charge in [-0.1, -0.05) is 31.5 Å². The van der Waals surface area contributed by atoms with E-state index >= 15 is 4.39 Å². The lowest BCUT2D eigenvalue weighted by Crippen LogP contribution is -2.53. The minimum Gasteiger partial charge on any atom is -0.462 e. The average molecular weight is 643 g/mol. The van der Waals surface area contributed by atoms with Gasteiger partial charge < -0.3 is 18.7 Å². The first-order valence-corrected chi connectivity index (χ1v) is 16.5. The molecular formula is C34H47FN4O3S2. The van der Waals surface area contributed by atoms with Gasteiger partial charge >= 0.3 is 5.97 Å². The number of hydrogen-bond donors (Lipinski definition) is 0. The number of piperidine rings is 1. The molecule has 2 aliphatic heterocycles. The molecule has 0 bridgehead atoms. The summed E-state index contributed by atoms with van der Waals surface area (Å²) >= 11 is 1.42. The summed E-state index contributed by atoms with van der Waals surface area (Å²) in [7, 11) is 2.08. The van der Waals surface area contributed by atoms with E-state index in [1.165, 1.54) is 43.7 Å². The van der Waals surface area contributed by atoms with E-state index in [0.29, 0.717) is 30.4 Å². The van der Waals surface area contributed by atoms with Crippen molar-refractivity contribution in [1.82, 2.24) is 9.21 Å². The van der Waals surface area contributed by atoms with Crippen molar-refractivity contribution in [2.75, 3.05) is 44.7 Å². The van der Waals surface area contributed by atoms with Gasteiger partial charge in [-0.25, -0.2) is 8.70 Å². The molecular weight excluding hydrogens is 596 g/mol. The summed E-state index contributed by atoms with van der Waals surface area (Å²) in [6, 6.07) is 18.2.